The maximum atomic E-state index is 12.7. The van der Waals surface area contributed by atoms with E-state index in [-0.39, 0.29) is 11.9 Å². The highest BCUT2D eigenvalue weighted by Crippen LogP contribution is 2.19. The number of carbonyl (C=O) groups is 1. The Kier molecular flexibility index (Phi) is 5.59. The molecule has 0 spiro atoms. The molecule has 0 aliphatic carbocycles. The van der Waals surface area contributed by atoms with Crippen LogP contribution in [-0.2, 0) is 17.9 Å². The summed E-state index contributed by atoms with van der Waals surface area (Å²) in [6, 6.07) is 14.6. The van der Waals surface area contributed by atoms with Crippen molar-refractivity contribution in [2.45, 2.75) is 38.9 Å². The van der Waals surface area contributed by atoms with Crippen LogP contribution >= 0.6 is 0 Å². The van der Waals surface area contributed by atoms with Crippen LogP contribution in [0, 0.1) is 0 Å². The average molecular weight is 323 g/mol. The molecule has 1 saturated heterocycles. The van der Waals surface area contributed by atoms with Crippen molar-refractivity contribution in [3.05, 3.63) is 66.0 Å². The predicted octanol–water partition coefficient (Wildman–Crippen LogP) is 3.09. The number of amides is 1. The molecule has 0 N–H and O–H groups in total. The van der Waals surface area contributed by atoms with Crippen molar-refractivity contribution in [2.24, 2.45) is 0 Å². The van der Waals surface area contributed by atoms with Gasteiger partial charge in [-0.25, -0.2) is 0 Å². The molecule has 1 atom stereocenters. The Morgan fingerprint density at radius 1 is 1.04 bits per heavy atom. The summed E-state index contributed by atoms with van der Waals surface area (Å²) in [6.07, 6.45) is 5.23. The fourth-order valence-electron chi connectivity index (χ4n) is 3.33. The normalized spacial score (nSPS) is 19.3. The first-order valence-corrected chi connectivity index (χ1v) is 8.71. The molecule has 0 saturated carbocycles. The van der Waals surface area contributed by atoms with Gasteiger partial charge < -0.3 is 4.90 Å². The van der Waals surface area contributed by atoms with E-state index in [0.29, 0.717) is 13.0 Å². The number of nitrogens with zero attached hydrogens (tertiary/aromatic N) is 3. The van der Waals surface area contributed by atoms with Gasteiger partial charge in [-0.05, 0) is 29.7 Å². The zero-order chi connectivity index (χ0) is 16.8. The number of aromatic nitrogens is 1. The van der Waals surface area contributed by atoms with E-state index in [1.54, 1.807) is 0 Å². The predicted molar refractivity (Wildman–Crippen MR) is 95.2 cm³/mol. The highest BCUT2D eigenvalue weighted by molar-refractivity contribution is 5.77. The first kappa shape index (κ1) is 16.7. The Labute approximate surface area is 144 Å². The van der Waals surface area contributed by atoms with Crippen molar-refractivity contribution in [1.82, 2.24) is 14.8 Å². The Morgan fingerprint density at radius 2 is 1.75 bits per heavy atom. The van der Waals surface area contributed by atoms with Crippen LogP contribution in [0.2, 0.25) is 0 Å². The summed E-state index contributed by atoms with van der Waals surface area (Å²) < 4.78 is 0. The van der Waals surface area contributed by atoms with Crippen LogP contribution < -0.4 is 0 Å². The number of carbonyl (C=O) groups excluding carboxylic acids is 1. The SMILES string of the molecule is CCC1CN(Cc2ccncc2)CCC(=O)N1Cc1ccccc1. The van der Waals surface area contributed by atoms with Crippen molar-refractivity contribution in [1.29, 1.82) is 0 Å². The quantitative estimate of drug-likeness (QED) is 0.848. The summed E-state index contributed by atoms with van der Waals surface area (Å²) in [7, 11) is 0. The lowest BCUT2D eigenvalue weighted by molar-refractivity contribution is -0.133. The molecule has 1 aromatic heterocycles. The second-order valence-corrected chi connectivity index (χ2v) is 6.41. The zero-order valence-corrected chi connectivity index (χ0v) is 14.3. The Balaban J connectivity index is 1.71. The molecule has 2 heterocycles. The van der Waals surface area contributed by atoms with Crippen molar-refractivity contribution in [2.75, 3.05) is 13.1 Å². The molecule has 4 heteroatoms. The topological polar surface area (TPSA) is 36.4 Å². The van der Waals surface area contributed by atoms with Gasteiger partial charge in [-0.3, -0.25) is 14.7 Å². The van der Waals surface area contributed by atoms with Crippen LogP contribution in [0.3, 0.4) is 0 Å². The van der Waals surface area contributed by atoms with Crippen molar-refractivity contribution >= 4 is 5.91 Å². The first-order valence-electron chi connectivity index (χ1n) is 8.71. The fraction of sp³-hybridized carbons (Fsp3) is 0.400. The van der Waals surface area contributed by atoms with Crippen LogP contribution in [0.5, 0.6) is 0 Å². The smallest absolute Gasteiger partial charge is 0.224 e. The van der Waals surface area contributed by atoms with Gasteiger partial charge in [0.2, 0.25) is 5.91 Å². The van der Waals surface area contributed by atoms with Gasteiger partial charge in [-0.2, -0.15) is 0 Å². The van der Waals surface area contributed by atoms with Gasteiger partial charge in [0.15, 0.2) is 0 Å². The third-order valence-corrected chi connectivity index (χ3v) is 4.69. The van der Waals surface area contributed by atoms with Gasteiger partial charge >= 0.3 is 0 Å². The lowest BCUT2D eigenvalue weighted by Gasteiger charge is -2.31. The first-order chi connectivity index (χ1) is 11.8. The maximum Gasteiger partial charge on any atom is 0.224 e. The highest BCUT2D eigenvalue weighted by Gasteiger charge is 2.28. The molecule has 4 nitrogen and oxygen atoms in total. The summed E-state index contributed by atoms with van der Waals surface area (Å²) in [4.78, 5) is 21.2. The summed E-state index contributed by atoms with van der Waals surface area (Å²) in [5.41, 5.74) is 2.45. The van der Waals surface area contributed by atoms with Gasteiger partial charge in [0, 0.05) is 51.0 Å². The molecule has 1 aliphatic rings. The molecule has 1 fully saturated rings. The molecule has 0 bridgehead atoms. The Hall–Kier alpha value is -2.20. The van der Waals surface area contributed by atoms with Gasteiger partial charge in [0.25, 0.3) is 0 Å². The minimum atomic E-state index is 0.266. The van der Waals surface area contributed by atoms with E-state index >= 15 is 0 Å². The van der Waals surface area contributed by atoms with Crippen molar-refractivity contribution < 1.29 is 4.79 Å². The lowest BCUT2D eigenvalue weighted by atomic mass is 10.1. The highest BCUT2D eigenvalue weighted by atomic mass is 16.2. The number of hydrogen-bond acceptors (Lipinski definition) is 3. The van der Waals surface area contributed by atoms with Crippen molar-refractivity contribution in [3.8, 4) is 0 Å². The second-order valence-electron chi connectivity index (χ2n) is 6.41. The van der Waals surface area contributed by atoms with E-state index in [1.807, 2.05) is 30.6 Å². The molecule has 126 valence electrons. The van der Waals surface area contributed by atoms with Crippen LogP contribution in [0.1, 0.15) is 30.9 Å². The number of rotatable bonds is 5. The van der Waals surface area contributed by atoms with Gasteiger partial charge in [-0.1, -0.05) is 37.3 Å². The van der Waals surface area contributed by atoms with E-state index in [1.165, 1.54) is 11.1 Å². The summed E-state index contributed by atoms with van der Waals surface area (Å²) in [5, 5.41) is 0. The molecular formula is C20H25N3O. The van der Waals surface area contributed by atoms with Crippen molar-refractivity contribution in [3.63, 3.8) is 0 Å². The number of benzene rings is 1. The molecule has 3 rings (SSSR count). The molecule has 1 amide bonds. The Bertz CT molecular complexity index is 644. The Morgan fingerprint density at radius 3 is 2.46 bits per heavy atom. The summed E-state index contributed by atoms with van der Waals surface area (Å²) >= 11 is 0. The standard InChI is InChI=1S/C20H25N3O/c1-2-19-16-22(14-18-8-11-21-12-9-18)13-10-20(24)23(19)15-17-6-4-3-5-7-17/h3-9,11-12,19H,2,10,13-16H2,1H3. The van der Waals surface area contributed by atoms with Crippen LogP contribution in [0.4, 0.5) is 0 Å². The van der Waals surface area contributed by atoms with E-state index in [9.17, 15) is 4.79 Å². The lowest BCUT2D eigenvalue weighted by Crippen LogP contribution is -2.42. The zero-order valence-electron chi connectivity index (χ0n) is 14.3. The molecule has 1 unspecified atom stereocenters. The van der Waals surface area contributed by atoms with E-state index in [4.69, 9.17) is 0 Å². The molecule has 1 aromatic carbocycles. The van der Waals surface area contributed by atoms with E-state index in [0.717, 1.165) is 26.1 Å². The third kappa shape index (κ3) is 4.20. The molecule has 0 radical (unpaired) electrons. The van der Waals surface area contributed by atoms with Crippen LogP contribution in [0.15, 0.2) is 54.9 Å². The van der Waals surface area contributed by atoms with Gasteiger partial charge in [0.05, 0.1) is 0 Å². The maximum absolute atomic E-state index is 12.7. The van der Waals surface area contributed by atoms with Crippen LogP contribution in [-0.4, -0.2) is 39.8 Å². The molecule has 24 heavy (non-hydrogen) atoms. The second kappa shape index (κ2) is 8.06. The molecule has 2 aromatic rings. The number of pyridine rings is 1. The number of hydrogen-bond donors (Lipinski definition) is 0. The fourth-order valence-corrected chi connectivity index (χ4v) is 3.33. The van der Waals surface area contributed by atoms with E-state index < -0.39 is 0 Å². The minimum Gasteiger partial charge on any atom is -0.334 e. The summed E-state index contributed by atoms with van der Waals surface area (Å²) in [6.45, 7) is 5.51. The largest absolute Gasteiger partial charge is 0.334 e. The minimum absolute atomic E-state index is 0.266. The van der Waals surface area contributed by atoms with Gasteiger partial charge in [0.1, 0.15) is 0 Å². The third-order valence-electron chi connectivity index (χ3n) is 4.69. The summed E-state index contributed by atoms with van der Waals surface area (Å²) in [5.74, 6) is 0.267. The van der Waals surface area contributed by atoms with Gasteiger partial charge in [-0.15, -0.1) is 0 Å². The molecule has 1 aliphatic heterocycles. The molecular weight excluding hydrogens is 298 g/mol. The average Bonchev–Trinajstić information content (AvgIpc) is 2.77. The monoisotopic (exact) mass is 323 g/mol. The van der Waals surface area contributed by atoms with E-state index in [2.05, 4.69) is 46.0 Å². The van der Waals surface area contributed by atoms with Crippen LogP contribution in [0.25, 0.3) is 0 Å².